The monoisotopic (exact) mass is 375 g/mol. The van der Waals surface area contributed by atoms with Crippen LogP contribution in [0.4, 0.5) is 11.4 Å². The first-order chi connectivity index (χ1) is 13.4. The molecule has 4 nitrogen and oxygen atoms in total. The highest BCUT2D eigenvalue weighted by Gasteiger charge is 2.24. The molecule has 0 N–H and O–H groups in total. The second-order valence-electron chi connectivity index (χ2n) is 7.26. The van der Waals surface area contributed by atoms with Crippen LogP contribution in [0.25, 0.3) is 5.57 Å². The van der Waals surface area contributed by atoms with E-state index in [-0.39, 0.29) is 0 Å². The fourth-order valence-electron chi connectivity index (χ4n) is 3.73. The molecule has 4 heteroatoms. The number of hydrogen-bond donors (Lipinski definition) is 0. The number of fused-ring (bicyclic) bond motifs is 1. The number of pyridine rings is 1. The number of allylic oxidation sites excluding steroid dienone is 3. The van der Waals surface area contributed by atoms with Gasteiger partial charge in [-0.15, -0.1) is 0 Å². The smallest absolute Gasteiger partial charge is 0.100 e. The minimum absolute atomic E-state index is 0.800. The Morgan fingerprint density at radius 2 is 1.96 bits per heavy atom. The average Bonchev–Trinajstić information content (AvgIpc) is 2.68. The van der Waals surface area contributed by atoms with E-state index in [0.29, 0.717) is 0 Å². The van der Waals surface area contributed by atoms with Gasteiger partial charge in [0.2, 0.25) is 0 Å². The normalized spacial score (nSPS) is 14.5. The molecule has 1 aromatic carbocycles. The van der Waals surface area contributed by atoms with E-state index in [9.17, 15) is 0 Å². The second kappa shape index (κ2) is 8.34. The van der Waals surface area contributed by atoms with Crippen molar-refractivity contribution in [3.8, 4) is 0 Å². The topological polar surface area (TPSA) is 28.6 Å². The fraction of sp³-hybridized carbons (Fsp3) is 0.292. The number of nitrogens with zero attached hydrogens (tertiary/aromatic N) is 3. The van der Waals surface area contributed by atoms with E-state index in [1.165, 1.54) is 11.4 Å². The average molecular weight is 376 g/mol. The van der Waals surface area contributed by atoms with E-state index in [1.807, 2.05) is 32.2 Å². The maximum absolute atomic E-state index is 5.50. The third-order valence-corrected chi connectivity index (χ3v) is 5.17. The summed E-state index contributed by atoms with van der Waals surface area (Å²) in [6.45, 7) is 14.1. The van der Waals surface area contributed by atoms with Crippen LogP contribution in [-0.2, 0) is 11.2 Å². The number of anilines is 2. The molecule has 0 unspecified atom stereocenters. The van der Waals surface area contributed by atoms with Crippen LogP contribution in [0.2, 0.25) is 0 Å². The number of ether oxygens (including phenoxy) is 1. The van der Waals surface area contributed by atoms with Gasteiger partial charge < -0.3 is 14.5 Å². The van der Waals surface area contributed by atoms with E-state index in [4.69, 9.17) is 4.74 Å². The first kappa shape index (κ1) is 19.7. The summed E-state index contributed by atoms with van der Waals surface area (Å²) in [5, 5.41) is 0. The van der Waals surface area contributed by atoms with Gasteiger partial charge in [0.05, 0.1) is 25.0 Å². The van der Waals surface area contributed by atoms with E-state index in [1.54, 1.807) is 7.11 Å². The summed E-state index contributed by atoms with van der Waals surface area (Å²) in [7, 11) is 3.81. The molecule has 2 aromatic rings. The van der Waals surface area contributed by atoms with Gasteiger partial charge in [-0.25, -0.2) is 0 Å². The molecule has 0 spiro atoms. The summed E-state index contributed by atoms with van der Waals surface area (Å²) >= 11 is 0. The van der Waals surface area contributed by atoms with E-state index in [0.717, 1.165) is 53.4 Å². The summed E-state index contributed by atoms with van der Waals surface area (Å²) in [6.07, 6.45) is 2.72. The van der Waals surface area contributed by atoms with Gasteiger partial charge in [-0.05, 0) is 49.2 Å². The summed E-state index contributed by atoms with van der Waals surface area (Å²) in [5.41, 5.74) is 7.73. The molecule has 0 radical (unpaired) electrons. The van der Waals surface area contributed by atoms with Crippen molar-refractivity contribution in [3.63, 3.8) is 0 Å². The van der Waals surface area contributed by atoms with Gasteiger partial charge in [0.1, 0.15) is 5.76 Å². The summed E-state index contributed by atoms with van der Waals surface area (Å²) in [5.74, 6) is 0.877. The van der Waals surface area contributed by atoms with Crippen molar-refractivity contribution in [1.82, 2.24) is 4.98 Å². The minimum Gasteiger partial charge on any atom is -0.501 e. The van der Waals surface area contributed by atoms with Crippen molar-refractivity contribution in [2.24, 2.45) is 0 Å². The van der Waals surface area contributed by atoms with Gasteiger partial charge in [0, 0.05) is 43.2 Å². The summed E-state index contributed by atoms with van der Waals surface area (Å²) < 4.78 is 5.50. The van der Waals surface area contributed by atoms with Crippen LogP contribution in [-0.4, -0.2) is 32.2 Å². The highest BCUT2D eigenvalue weighted by Crippen LogP contribution is 2.39. The molecule has 1 aromatic heterocycles. The molecule has 1 aliphatic rings. The van der Waals surface area contributed by atoms with Crippen LogP contribution in [0.15, 0.2) is 72.8 Å². The zero-order valence-corrected chi connectivity index (χ0v) is 17.3. The molecule has 0 saturated carbocycles. The first-order valence-electron chi connectivity index (χ1n) is 9.54. The zero-order valence-electron chi connectivity index (χ0n) is 17.3. The molecule has 0 saturated heterocycles. The predicted octanol–water partition coefficient (Wildman–Crippen LogP) is 5.05. The SMILES string of the molecule is C=C(C)/C(=C(/C)OC)c1ccc2c(c1)N(C)CC(=C)N2CCc1ccccn1. The van der Waals surface area contributed by atoms with E-state index < -0.39 is 0 Å². The Kier molecular flexibility index (Phi) is 5.88. The molecular formula is C24H29N3O. The fourth-order valence-corrected chi connectivity index (χ4v) is 3.73. The van der Waals surface area contributed by atoms with Crippen molar-refractivity contribution < 1.29 is 4.74 Å². The van der Waals surface area contributed by atoms with Gasteiger partial charge in [-0.1, -0.05) is 25.3 Å². The quantitative estimate of drug-likeness (QED) is 0.522. The molecular weight excluding hydrogens is 346 g/mol. The van der Waals surface area contributed by atoms with Gasteiger partial charge >= 0.3 is 0 Å². The van der Waals surface area contributed by atoms with Crippen LogP contribution in [0.1, 0.15) is 25.1 Å². The van der Waals surface area contributed by atoms with Gasteiger partial charge in [-0.3, -0.25) is 4.98 Å². The standard InChI is InChI=1S/C24H29N3O/c1-17(2)24(19(4)28-6)20-10-11-22-23(15-20)26(5)16-18(3)27(22)14-12-21-9-7-8-13-25-21/h7-11,13,15H,1,3,12,14,16H2,2,4-6H3/b24-19+. The molecule has 0 fully saturated rings. The minimum atomic E-state index is 0.800. The Hall–Kier alpha value is -3.01. The number of aromatic nitrogens is 1. The second-order valence-corrected chi connectivity index (χ2v) is 7.26. The molecule has 0 amide bonds. The highest BCUT2D eigenvalue weighted by atomic mass is 16.5. The summed E-state index contributed by atoms with van der Waals surface area (Å²) in [4.78, 5) is 9.00. The lowest BCUT2D eigenvalue weighted by Crippen LogP contribution is -2.38. The van der Waals surface area contributed by atoms with Gasteiger partial charge in [0.15, 0.2) is 0 Å². The summed E-state index contributed by atoms with van der Waals surface area (Å²) in [6, 6.07) is 12.6. The maximum atomic E-state index is 5.50. The lowest BCUT2D eigenvalue weighted by molar-refractivity contribution is 0.296. The lowest BCUT2D eigenvalue weighted by Gasteiger charge is -2.39. The third-order valence-electron chi connectivity index (χ3n) is 5.17. The van der Waals surface area contributed by atoms with E-state index in [2.05, 4.69) is 59.3 Å². The molecule has 146 valence electrons. The highest BCUT2D eigenvalue weighted by molar-refractivity contribution is 5.86. The van der Waals surface area contributed by atoms with Crippen LogP contribution in [0.3, 0.4) is 0 Å². The number of methoxy groups -OCH3 is 1. The first-order valence-corrected chi connectivity index (χ1v) is 9.54. The zero-order chi connectivity index (χ0) is 20.3. The Morgan fingerprint density at radius 1 is 1.18 bits per heavy atom. The van der Waals surface area contributed by atoms with E-state index >= 15 is 0 Å². The molecule has 3 rings (SSSR count). The molecule has 2 heterocycles. The number of likely N-dealkylation sites (N-methyl/N-ethyl adjacent to an activating group) is 1. The Bertz CT molecular complexity index is 915. The van der Waals surface area contributed by atoms with Crippen molar-refractivity contribution >= 4 is 16.9 Å². The van der Waals surface area contributed by atoms with Crippen LogP contribution in [0, 0.1) is 0 Å². The molecule has 0 bridgehead atoms. The largest absolute Gasteiger partial charge is 0.501 e. The Morgan fingerprint density at radius 3 is 2.61 bits per heavy atom. The molecule has 28 heavy (non-hydrogen) atoms. The lowest BCUT2D eigenvalue weighted by atomic mass is 9.96. The van der Waals surface area contributed by atoms with Crippen molar-refractivity contribution in [1.29, 1.82) is 0 Å². The number of benzene rings is 1. The van der Waals surface area contributed by atoms with Crippen molar-refractivity contribution in [2.45, 2.75) is 20.3 Å². The number of rotatable bonds is 6. The van der Waals surface area contributed by atoms with Gasteiger partial charge in [0.25, 0.3) is 0 Å². The van der Waals surface area contributed by atoms with Crippen LogP contribution >= 0.6 is 0 Å². The van der Waals surface area contributed by atoms with Gasteiger partial charge in [-0.2, -0.15) is 0 Å². The van der Waals surface area contributed by atoms with Crippen molar-refractivity contribution in [2.75, 3.05) is 37.0 Å². The third kappa shape index (κ3) is 3.96. The van der Waals surface area contributed by atoms with Crippen LogP contribution in [0.5, 0.6) is 0 Å². The number of hydrogen-bond acceptors (Lipinski definition) is 4. The molecule has 0 atom stereocenters. The van der Waals surface area contributed by atoms with Crippen molar-refractivity contribution in [3.05, 3.63) is 84.0 Å². The molecule has 1 aliphatic heterocycles. The Balaban J connectivity index is 1.95. The predicted molar refractivity (Wildman–Crippen MR) is 119 cm³/mol. The van der Waals surface area contributed by atoms with Crippen LogP contribution < -0.4 is 9.80 Å². The molecule has 0 aliphatic carbocycles. The maximum Gasteiger partial charge on any atom is 0.100 e. The Labute approximate surface area is 168 Å².